The molecule has 0 bridgehead atoms. The van der Waals surface area contributed by atoms with Gasteiger partial charge in [-0.1, -0.05) is 36.6 Å². The number of rotatable bonds is 4. The van der Waals surface area contributed by atoms with Gasteiger partial charge in [-0.3, -0.25) is 4.79 Å². The summed E-state index contributed by atoms with van der Waals surface area (Å²) in [5, 5.41) is 7.83. The molecule has 5 nitrogen and oxygen atoms in total. The van der Waals surface area contributed by atoms with Crippen LogP contribution in [0.1, 0.15) is 37.8 Å². The molecule has 0 unspecified atom stereocenters. The van der Waals surface area contributed by atoms with Crippen molar-refractivity contribution < 1.29 is 9.32 Å². The lowest BCUT2D eigenvalue weighted by Crippen LogP contribution is -2.51. The minimum Gasteiger partial charge on any atom is -0.356 e. The van der Waals surface area contributed by atoms with Crippen molar-refractivity contribution in [1.29, 1.82) is 0 Å². The Hall–Kier alpha value is -1.88. The summed E-state index contributed by atoms with van der Waals surface area (Å²) in [6.45, 7) is 0.543. The van der Waals surface area contributed by atoms with Crippen molar-refractivity contribution in [3.63, 3.8) is 0 Å². The van der Waals surface area contributed by atoms with E-state index in [9.17, 15) is 4.79 Å². The minimum atomic E-state index is -0.236. The molecule has 0 saturated heterocycles. The molecule has 1 aromatic carbocycles. The van der Waals surface area contributed by atoms with Crippen LogP contribution < -0.4 is 11.1 Å². The number of amides is 1. The van der Waals surface area contributed by atoms with E-state index in [0.717, 1.165) is 31.1 Å². The van der Waals surface area contributed by atoms with E-state index in [0.29, 0.717) is 17.8 Å². The van der Waals surface area contributed by atoms with Gasteiger partial charge in [0.1, 0.15) is 5.69 Å². The Kier molecular flexibility index (Phi) is 3.92. The second-order valence-electron chi connectivity index (χ2n) is 6.00. The molecule has 0 atom stereocenters. The molecule has 5 heteroatoms. The van der Waals surface area contributed by atoms with Crippen molar-refractivity contribution in [3.8, 4) is 0 Å². The zero-order valence-corrected chi connectivity index (χ0v) is 12.1. The number of nitrogens with two attached hydrogens (primary N) is 1. The fraction of sp³-hybridized carbons (Fsp3) is 0.500. The average molecular weight is 287 g/mol. The number of nitrogens with zero attached hydrogens (tertiary/aromatic N) is 1. The van der Waals surface area contributed by atoms with Gasteiger partial charge in [0.2, 0.25) is 5.91 Å². The molecule has 1 heterocycles. The van der Waals surface area contributed by atoms with Crippen LogP contribution >= 0.6 is 0 Å². The fourth-order valence-corrected chi connectivity index (χ4v) is 2.99. The number of nitrogens with one attached hydrogen (secondary N) is 1. The summed E-state index contributed by atoms with van der Waals surface area (Å²) in [7, 11) is 0. The normalized spacial score (nSPS) is 17.8. The summed E-state index contributed by atoms with van der Waals surface area (Å²) in [4.78, 5) is 12.1. The summed E-state index contributed by atoms with van der Waals surface area (Å²) in [6.07, 6.45) is 5.76. The van der Waals surface area contributed by atoms with Gasteiger partial charge in [-0.25, -0.2) is 0 Å². The molecule has 0 aliphatic heterocycles. The number of carbonyl (C=O) groups is 1. The molecule has 1 aliphatic carbocycles. The second-order valence-corrected chi connectivity index (χ2v) is 6.00. The number of hydrogen-bond acceptors (Lipinski definition) is 4. The first-order valence-corrected chi connectivity index (χ1v) is 7.55. The van der Waals surface area contributed by atoms with Crippen molar-refractivity contribution in [2.75, 3.05) is 6.54 Å². The zero-order chi connectivity index (χ0) is 14.7. The maximum atomic E-state index is 12.1. The lowest BCUT2D eigenvalue weighted by Gasteiger charge is -2.33. The van der Waals surface area contributed by atoms with Gasteiger partial charge in [-0.05, 0) is 25.0 Å². The van der Waals surface area contributed by atoms with E-state index in [1.165, 1.54) is 6.42 Å². The Morgan fingerprint density at radius 1 is 1.29 bits per heavy atom. The Balaban J connectivity index is 1.59. The van der Waals surface area contributed by atoms with E-state index >= 15 is 0 Å². The predicted octanol–water partition coefficient (Wildman–Crippen LogP) is 2.15. The van der Waals surface area contributed by atoms with Gasteiger partial charge in [0.15, 0.2) is 5.58 Å². The summed E-state index contributed by atoms with van der Waals surface area (Å²) in [5.41, 5.74) is 7.48. The molecule has 0 radical (unpaired) electrons. The molecule has 1 amide bonds. The summed E-state index contributed by atoms with van der Waals surface area (Å²) < 4.78 is 5.21. The van der Waals surface area contributed by atoms with E-state index in [1.807, 2.05) is 24.3 Å². The van der Waals surface area contributed by atoms with Gasteiger partial charge in [0.05, 0.1) is 6.42 Å². The predicted molar refractivity (Wildman–Crippen MR) is 80.7 cm³/mol. The number of hydrogen-bond donors (Lipinski definition) is 2. The highest BCUT2D eigenvalue weighted by Gasteiger charge is 2.27. The van der Waals surface area contributed by atoms with Crippen LogP contribution in [0, 0.1) is 0 Å². The third-order valence-electron chi connectivity index (χ3n) is 4.27. The van der Waals surface area contributed by atoms with Crippen molar-refractivity contribution in [2.45, 2.75) is 44.1 Å². The molecule has 112 valence electrons. The number of carbonyl (C=O) groups excluding carboxylic acids is 1. The second kappa shape index (κ2) is 5.85. The van der Waals surface area contributed by atoms with Crippen LogP contribution in [-0.2, 0) is 11.2 Å². The Labute approximate surface area is 123 Å². The van der Waals surface area contributed by atoms with Crippen LogP contribution in [0.15, 0.2) is 28.8 Å². The average Bonchev–Trinajstić information content (AvgIpc) is 2.90. The fourth-order valence-electron chi connectivity index (χ4n) is 2.99. The van der Waals surface area contributed by atoms with Gasteiger partial charge in [0.25, 0.3) is 0 Å². The molecular weight excluding hydrogens is 266 g/mol. The molecule has 3 rings (SSSR count). The maximum absolute atomic E-state index is 12.1. The number of fused-ring (bicyclic) bond motifs is 1. The SMILES string of the molecule is NC1(CNC(=O)Cc2noc3ccccc23)CCCCC1. The van der Waals surface area contributed by atoms with Gasteiger partial charge < -0.3 is 15.6 Å². The van der Waals surface area contributed by atoms with E-state index in [4.69, 9.17) is 10.3 Å². The van der Waals surface area contributed by atoms with Crippen LogP contribution in [-0.4, -0.2) is 23.1 Å². The topological polar surface area (TPSA) is 81.1 Å². The smallest absolute Gasteiger partial charge is 0.226 e. The molecule has 1 saturated carbocycles. The van der Waals surface area contributed by atoms with Crippen LogP contribution in [0.25, 0.3) is 11.0 Å². The largest absolute Gasteiger partial charge is 0.356 e. The molecule has 1 aromatic heterocycles. The van der Waals surface area contributed by atoms with Crippen molar-refractivity contribution in [3.05, 3.63) is 30.0 Å². The van der Waals surface area contributed by atoms with E-state index in [2.05, 4.69) is 10.5 Å². The van der Waals surface area contributed by atoms with Crippen LogP contribution in [0.2, 0.25) is 0 Å². The minimum absolute atomic E-state index is 0.0514. The van der Waals surface area contributed by atoms with Crippen LogP contribution in [0.4, 0.5) is 0 Å². The number of para-hydroxylation sites is 1. The molecule has 21 heavy (non-hydrogen) atoms. The standard InChI is InChI=1S/C16H21N3O2/c17-16(8-4-1-5-9-16)11-18-15(20)10-13-12-6-2-3-7-14(12)21-19-13/h2-3,6-7H,1,4-5,8-11,17H2,(H,18,20). The monoisotopic (exact) mass is 287 g/mol. The molecule has 0 spiro atoms. The van der Waals surface area contributed by atoms with Crippen LogP contribution in [0.5, 0.6) is 0 Å². The molecule has 3 N–H and O–H groups in total. The first-order valence-electron chi connectivity index (χ1n) is 7.55. The van der Waals surface area contributed by atoms with E-state index in [1.54, 1.807) is 0 Å². The lowest BCUT2D eigenvalue weighted by atomic mass is 9.82. The number of aromatic nitrogens is 1. The van der Waals surface area contributed by atoms with Gasteiger partial charge >= 0.3 is 0 Å². The lowest BCUT2D eigenvalue weighted by molar-refractivity contribution is -0.120. The Morgan fingerprint density at radius 2 is 2.05 bits per heavy atom. The Morgan fingerprint density at radius 3 is 2.86 bits per heavy atom. The zero-order valence-electron chi connectivity index (χ0n) is 12.1. The van der Waals surface area contributed by atoms with E-state index < -0.39 is 0 Å². The summed E-state index contributed by atoms with van der Waals surface area (Å²) >= 11 is 0. The molecule has 1 aliphatic rings. The first-order chi connectivity index (χ1) is 10.2. The summed E-state index contributed by atoms with van der Waals surface area (Å²) in [5.74, 6) is -0.0514. The maximum Gasteiger partial charge on any atom is 0.226 e. The Bertz CT molecular complexity index is 629. The van der Waals surface area contributed by atoms with E-state index in [-0.39, 0.29) is 17.9 Å². The van der Waals surface area contributed by atoms with Crippen LogP contribution in [0.3, 0.4) is 0 Å². The van der Waals surface area contributed by atoms with Crippen molar-refractivity contribution >= 4 is 16.9 Å². The van der Waals surface area contributed by atoms with Gasteiger partial charge in [-0.15, -0.1) is 0 Å². The third kappa shape index (κ3) is 3.24. The highest BCUT2D eigenvalue weighted by Crippen LogP contribution is 2.25. The van der Waals surface area contributed by atoms with Gasteiger partial charge in [-0.2, -0.15) is 0 Å². The van der Waals surface area contributed by atoms with Crippen molar-refractivity contribution in [1.82, 2.24) is 10.5 Å². The quantitative estimate of drug-likeness (QED) is 0.902. The molecular formula is C16H21N3O2. The summed E-state index contributed by atoms with van der Waals surface area (Å²) in [6, 6.07) is 7.57. The highest BCUT2D eigenvalue weighted by atomic mass is 16.5. The first kappa shape index (κ1) is 14.1. The third-order valence-corrected chi connectivity index (χ3v) is 4.27. The molecule has 1 fully saturated rings. The van der Waals surface area contributed by atoms with Gasteiger partial charge in [0, 0.05) is 17.5 Å². The molecule has 2 aromatic rings. The van der Waals surface area contributed by atoms with Crippen molar-refractivity contribution in [2.24, 2.45) is 5.73 Å². The number of benzene rings is 1. The highest BCUT2D eigenvalue weighted by molar-refractivity contribution is 5.86.